The van der Waals surface area contributed by atoms with Gasteiger partial charge in [-0.25, -0.2) is 4.98 Å². The Labute approximate surface area is 134 Å². The predicted molar refractivity (Wildman–Crippen MR) is 87.0 cm³/mol. The Morgan fingerprint density at radius 1 is 1.45 bits per heavy atom. The number of nitrogens with zero attached hydrogens (tertiary/aromatic N) is 5. The number of likely N-dealkylation sites (tertiary alicyclic amines) is 1. The summed E-state index contributed by atoms with van der Waals surface area (Å²) in [5.74, 6) is 0.0994. The topological polar surface area (TPSA) is 54.3 Å². The molecule has 2 aromatic heterocycles. The average molecular weight is 319 g/mol. The molecule has 0 bridgehead atoms. The van der Waals surface area contributed by atoms with Gasteiger partial charge >= 0.3 is 0 Å². The molecule has 0 spiro atoms. The van der Waals surface area contributed by atoms with Gasteiger partial charge in [-0.3, -0.25) is 19.3 Å². The average Bonchev–Trinajstić information content (AvgIpc) is 3.21. The molecule has 3 heterocycles. The summed E-state index contributed by atoms with van der Waals surface area (Å²) in [6, 6.07) is 2.32. The second kappa shape index (κ2) is 7.02. The first-order valence-corrected chi connectivity index (χ1v) is 8.49. The van der Waals surface area contributed by atoms with Gasteiger partial charge in [0.15, 0.2) is 5.13 Å². The number of likely N-dealkylation sites (N-methyl/N-ethyl adjacent to an activating group) is 1. The quantitative estimate of drug-likeness (QED) is 0.844. The Morgan fingerprint density at radius 2 is 2.36 bits per heavy atom. The number of amides is 1. The second-order valence-electron chi connectivity index (χ2n) is 5.62. The monoisotopic (exact) mass is 319 g/mol. The third kappa shape index (κ3) is 3.53. The molecule has 1 aliphatic heterocycles. The van der Waals surface area contributed by atoms with Crippen LogP contribution in [0.25, 0.3) is 0 Å². The lowest BCUT2D eigenvalue weighted by Crippen LogP contribution is -2.47. The third-order valence-corrected chi connectivity index (χ3v) is 4.97. The predicted octanol–water partition coefficient (Wildman–Crippen LogP) is 1.86. The van der Waals surface area contributed by atoms with Crippen molar-refractivity contribution >= 4 is 22.4 Å². The van der Waals surface area contributed by atoms with Gasteiger partial charge in [-0.2, -0.15) is 5.10 Å². The molecule has 2 aromatic rings. The summed E-state index contributed by atoms with van der Waals surface area (Å²) in [6.45, 7) is 2.27. The molecular weight excluding hydrogens is 298 g/mol. The smallest absolute Gasteiger partial charge is 0.242 e. The van der Waals surface area contributed by atoms with Crippen LogP contribution in [-0.2, 0) is 11.3 Å². The van der Waals surface area contributed by atoms with Gasteiger partial charge in [0.1, 0.15) is 0 Å². The number of hydrogen-bond acceptors (Lipinski definition) is 5. The minimum Gasteiger partial charge on any atom is -0.290 e. The molecule has 1 unspecified atom stereocenters. The van der Waals surface area contributed by atoms with Crippen molar-refractivity contribution in [1.82, 2.24) is 19.7 Å². The minimum atomic E-state index is 0.0994. The Kier molecular flexibility index (Phi) is 4.84. The highest BCUT2D eigenvalue weighted by Gasteiger charge is 2.26. The van der Waals surface area contributed by atoms with Crippen LogP contribution >= 0.6 is 11.3 Å². The van der Waals surface area contributed by atoms with Crippen LogP contribution in [0.1, 0.15) is 19.3 Å². The van der Waals surface area contributed by atoms with E-state index >= 15 is 0 Å². The van der Waals surface area contributed by atoms with Crippen LogP contribution in [0.3, 0.4) is 0 Å². The highest BCUT2D eigenvalue weighted by atomic mass is 32.1. The number of aromatic nitrogens is 3. The zero-order chi connectivity index (χ0) is 15.4. The van der Waals surface area contributed by atoms with Crippen LogP contribution in [0, 0.1) is 0 Å². The molecule has 118 valence electrons. The Balaban J connectivity index is 1.62. The summed E-state index contributed by atoms with van der Waals surface area (Å²) in [7, 11) is 1.80. The van der Waals surface area contributed by atoms with Gasteiger partial charge in [-0.1, -0.05) is 6.42 Å². The van der Waals surface area contributed by atoms with Gasteiger partial charge in [0.05, 0.1) is 13.1 Å². The fourth-order valence-electron chi connectivity index (χ4n) is 2.87. The van der Waals surface area contributed by atoms with Crippen molar-refractivity contribution in [2.75, 3.05) is 25.0 Å². The van der Waals surface area contributed by atoms with E-state index in [1.165, 1.54) is 17.8 Å². The number of piperidine rings is 1. The highest BCUT2D eigenvalue weighted by Crippen LogP contribution is 2.20. The zero-order valence-corrected chi connectivity index (χ0v) is 13.6. The molecule has 1 amide bonds. The van der Waals surface area contributed by atoms with Gasteiger partial charge in [0.2, 0.25) is 5.91 Å². The van der Waals surface area contributed by atoms with Gasteiger partial charge in [0.25, 0.3) is 0 Å². The van der Waals surface area contributed by atoms with Crippen LogP contribution in [0.15, 0.2) is 30.0 Å². The summed E-state index contributed by atoms with van der Waals surface area (Å²) in [6.07, 6.45) is 9.01. The molecule has 1 atom stereocenters. The number of rotatable bonds is 5. The van der Waals surface area contributed by atoms with E-state index < -0.39 is 0 Å². The molecule has 0 saturated carbocycles. The van der Waals surface area contributed by atoms with E-state index in [4.69, 9.17) is 0 Å². The molecule has 0 aromatic carbocycles. The van der Waals surface area contributed by atoms with E-state index in [0.717, 1.165) is 31.1 Å². The largest absolute Gasteiger partial charge is 0.290 e. The maximum atomic E-state index is 12.5. The van der Waals surface area contributed by atoms with Crippen molar-refractivity contribution in [3.8, 4) is 0 Å². The van der Waals surface area contributed by atoms with Crippen molar-refractivity contribution in [1.29, 1.82) is 0 Å². The molecule has 6 nitrogen and oxygen atoms in total. The van der Waals surface area contributed by atoms with Crippen molar-refractivity contribution in [3.63, 3.8) is 0 Å². The van der Waals surface area contributed by atoms with Crippen molar-refractivity contribution in [2.45, 2.75) is 31.8 Å². The van der Waals surface area contributed by atoms with Crippen molar-refractivity contribution in [2.24, 2.45) is 0 Å². The van der Waals surface area contributed by atoms with E-state index in [9.17, 15) is 4.79 Å². The van der Waals surface area contributed by atoms with Crippen LogP contribution < -0.4 is 4.90 Å². The highest BCUT2D eigenvalue weighted by molar-refractivity contribution is 7.13. The van der Waals surface area contributed by atoms with Crippen molar-refractivity contribution < 1.29 is 4.79 Å². The van der Waals surface area contributed by atoms with Gasteiger partial charge in [-0.05, 0) is 25.5 Å². The van der Waals surface area contributed by atoms with Crippen LogP contribution in [0.5, 0.6) is 0 Å². The van der Waals surface area contributed by atoms with Gasteiger partial charge < -0.3 is 0 Å². The van der Waals surface area contributed by atoms with E-state index in [1.54, 1.807) is 24.3 Å². The van der Waals surface area contributed by atoms with Crippen LogP contribution in [-0.4, -0.2) is 51.8 Å². The summed E-state index contributed by atoms with van der Waals surface area (Å²) < 4.78 is 1.96. The lowest BCUT2D eigenvalue weighted by atomic mass is 10.0. The van der Waals surface area contributed by atoms with E-state index in [2.05, 4.69) is 15.0 Å². The maximum absolute atomic E-state index is 12.5. The first-order valence-electron chi connectivity index (χ1n) is 7.61. The minimum absolute atomic E-state index is 0.0994. The molecule has 1 saturated heterocycles. The summed E-state index contributed by atoms with van der Waals surface area (Å²) in [5.41, 5.74) is 0. The maximum Gasteiger partial charge on any atom is 0.242 e. The standard InChI is InChI=1S/C15H21N5OS/c1-18(15-16-7-10-22-15)14(21)12-19-8-3-2-5-13(19)11-20-9-4-6-17-20/h4,6-7,9-10,13H,2-3,5,8,11-12H2,1H3. The molecular formula is C15H21N5OS. The molecule has 1 aliphatic rings. The normalized spacial score (nSPS) is 19.2. The molecule has 1 fully saturated rings. The molecule has 0 radical (unpaired) electrons. The number of anilines is 1. The van der Waals surface area contributed by atoms with Gasteiger partial charge in [0, 0.05) is 37.1 Å². The fraction of sp³-hybridized carbons (Fsp3) is 0.533. The number of hydrogen-bond donors (Lipinski definition) is 0. The van der Waals surface area contributed by atoms with Crippen LogP contribution in [0.2, 0.25) is 0 Å². The van der Waals surface area contributed by atoms with E-state index in [0.29, 0.717) is 12.6 Å². The first-order chi connectivity index (χ1) is 10.7. The summed E-state index contributed by atoms with van der Waals surface area (Å²) in [5, 5.41) is 6.93. The Hall–Kier alpha value is -1.73. The lowest BCUT2D eigenvalue weighted by Gasteiger charge is -2.35. The number of carbonyl (C=O) groups is 1. The Bertz CT molecular complexity index is 583. The zero-order valence-electron chi connectivity index (χ0n) is 12.8. The number of thiazole rings is 1. The first kappa shape index (κ1) is 15.2. The second-order valence-corrected chi connectivity index (χ2v) is 6.49. The molecule has 0 N–H and O–H groups in total. The summed E-state index contributed by atoms with van der Waals surface area (Å²) >= 11 is 1.49. The fourth-order valence-corrected chi connectivity index (χ4v) is 3.49. The molecule has 0 aliphatic carbocycles. The van der Waals surface area contributed by atoms with E-state index in [-0.39, 0.29) is 5.91 Å². The molecule has 22 heavy (non-hydrogen) atoms. The van der Waals surface area contributed by atoms with Gasteiger partial charge in [-0.15, -0.1) is 11.3 Å². The van der Waals surface area contributed by atoms with Crippen molar-refractivity contribution in [3.05, 3.63) is 30.0 Å². The lowest BCUT2D eigenvalue weighted by molar-refractivity contribution is -0.120. The number of carbonyl (C=O) groups excluding carboxylic acids is 1. The SMILES string of the molecule is CN(C(=O)CN1CCCCC1Cn1cccn1)c1nccs1. The third-order valence-electron chi connectivity index (χ3n) is 4.12. The summed E-state index contributed by atoms with van der Waals surface area (Å²) in [4.78, 5) is 20.6. The molecule has 7 heteroatoms. The molecule has 3 rings (SSSR count). The van der Waals surface area contributed by atoms with E-state index in [1.807, 2.05) is 22.3 Å². The Morgan fingerprint density at radius 3 is 3.09 bits per heavy atom. The van der Waals surface area contributed by atoms with Crippen LogP contribution in [0.4, 0.5) is 5.13 Å².